The van der Waals surface area contributed by atoms with Gasteiger partial charge >= 0.3 is 0 Å². The third-order valence-electron chi connectivity index (χ3n) is 5.29. The van der Waals surface area contributed by atoms with Crippen LogP contribution in [0.2, 0.25) is 0 Å². The van der Waals surface area contributed by atoms with Crippen LogP contribution in [0.25, 0.3) is 0 Å². The summed E-state index contributed by atoms with van der Waals surface area (Å²) in [5.41, 5.74) is 6.49. The van der Waals surface area contributed by atoms with Crippen LogP contribution < -0.4 is 5.73 Å². The van der Waals surface area contributed by atoms with Gasteiger partial charge in [-0.05, 0) is 36.8 Å². The lowest BCUT2D eigenvalue weighted by molar-refractivity contribution is -0.126. The van der Waals surface area contributed by atoms with Gasteiger partial charge in [0.15, 0.2) is 5.84 Å². The minimum absolute atomic E-state index is 0.0228. The standard InChI is InChI=1S/C15H20N4O3S/c16-13-4-3-10-8-19(9-12(10)13)15(20)11-2-1-5-18-6-7-23(21,22)17-14(11)18/h1-2,5,10,12-13H,3-4,6-9,16H2. The molecule has 2 N–H and O–H groups in total. The third-order valence-corrected chi connectivity index (χ3v) is 6.44. The average Bonchev–Trinajstić information content (AvgIpc) is 3.08. The van der Waals surface area contributed by atoms with Gasteiger partial charge in [-0.1, -0.05) is 0 Å². The summed E-state index contributed by atoms with van der Waals surface area (Å²) in [7, 11) is -3.49. The molecule has 1 saturated carbocycles. The minimum Gasteiger partial charge on any atom is -0.338 e. The Morgan fingerprint density at radius 2 is 2.13 bits per heavy atom. The molecule has 0 aromatic heterocycles. The predicted octanol–water partition coefficient (Wildman–Crippen LogP) is -0.320. The molecule has 4 rings (SSSR count). The van der Waals surface area contributed by atoms with E-state index >= 15 is 0 Å². The van der Waals surface area contributed by atoms with Gasteiger partial charge in [0.1, 0.15) is 0 Å². The highest BCUT2D eigenvalue weighted by molar-refractivity contribution is 7.90. The van der Waals surface area contributed by atoms with Crippen LogP contribution in [-0.2, 0) is 14.8 Å². The second-order valence-electron chi connectivity index (χ2n) is 6.69. The summed E-state index contributed by atoms with van der Waals surface area (Å²) >= 11 is 0. The number of fused-ring (bicyclic) bond motifs is 2. The van der Waals surface area contributed by atoms with Crippen LogP contribution in [0.5, 0.6) is 0 Å². The van der Waals surface area contributed by atoms with E-state index in [9.17, 15) is 13.2 Å². The maximum Gasteiger partial charge on any atom is 0.257 e. The summed E-state index contributed by atoms with van der Waals surface area (Å²) in [6.45, 7) is 1.70. The van der Waals surface area contributed by atoms with E-state index in [2.05, 4.69) is 4.40 Å². The normalized spacial score (nSPS) is 34.7. The number of rotatable bonds is 1. The first-order valence-corrected chi connectivity index (χ1v) is 9.58. The van der Waals surface area contributed by atoms with Gasteiger partial charge in [0, 0.05) is 31.9 Å². The molecule has 3 aliphatic heterocycles. The molecule has 0 aromatic carbocycles. The van der Waals surface area contributed by atoms with Crippen LogP contribution >= 0.6 is 0 Å². The predicted molar refractivity (Wildman–Crippen MR) is 85.9 cm³/mol. The number of sulfonamides is 1. The van der Waals surface area contributed by atoms with Crippen molar-refractivity contribution in [1.29, 1.82) is 0 Å². The van der Waals surface area contributed by atoms with E-state index in [1.165, 1.54) is 0 Å². The Labute approximate surface area is 135 Å². The van der Waals surface area contributed by atoms with E-state index in [1.54, 1.807) is 28.2 Å². The topological polar surface area (TPSA) is 96.1 Å². The molecule has 2 fully saturated rings. The van der Waals surface area contributed by atoms with E-state index in [0.717, 1.165) is 12.8 Å². The lowest BCUT2D eigenvalue weighted by Crippen LogP contribution is -2.43. The summed E-state index contributed by atoms with van der Waals surface area (Å²) in [6.07, 6.45) is 7.29. The highest BCUT2D eigenvalue weighted by Crippen LogP contribution is 2.37. The highest BCUT2D eigenvalue weighted by atomic mass is 32.2. The number of hydrogen-bond acceptors (Lipinski definition) is 5. The first kappa shape index (κ1) is 14.9. The number of amides is 1. The number of allylic oxidation sites excluding steroid dienone is 2. The number of carbonyl (C=O) groups excluding carboxylic acids is 1. The first-order chi connectivity index (χ1) is 10.9. The lowest BCUT2D eigenvalue weighted by atomic mass is 9.98. The molecule has 7 nitrogen and oxygen atoms in total. The van der Waals surface area contributed by atoms with Crippen molar-refractivity contribution in [3.05, 3.63) is 23.9 Å². The average molecular weight is 336 g/mol. The van der Waals surface area contributed by atoms with Crippen molar-refractivity contribution in [3.8, 4) is 0 Å². The highest BCUT2D eigenvalue weighted by Gasteiger charge is 2.44. The van der Waals surface area contributed by atoms with Gasteiger partial charge in [-0.15, -0.1) is 4.40 Å². The molecule has 3 atom stereocenters. The second-order valence-corrected chi connectivity index (χ2v) is 8.45. The van der Waals surface area contributed by atoms with Crippen LogP contribution in [-0.4, -0.2) is 61.4 Å². The molecule has 0 spiro atoms. The van der Waals surface area contributed by atoms with Crippen LogP contribution in [0.1, 0.15) is 12.8 Å². The van der Waals surface area contributed by atoms with Crippen molar-refractivity contribution >= 4 is 21.8 Å². The molecule has 124 valence electrons. The summed E-state index contributed by atoms with van der Waals surface area (Å²) in [6, 6.07) is 0.168. The Bertz CT molecular complexity index is 740. The number of hydrogen-bond donors (Lipinski definition) is 1. The minimum atomic E-state index is -3.49. The second kappa shape index (κ2) is 5.17. The zero-order valence-corrected chi connectivity index (χ0v) is 13.6. The van der Waals surface area contributed by atoms with Crippen LogP contribution in [0.4, 0.5) is 0 Å². The quantitative estimate of drug-likeness (QED) is 0.708. The SMILES string of the molecule is NC1CCC2CN(C(=O)C3=CC=CN4CCS(=O)(=O)N=C34)CC12. The molecule has 23 heavy (non-hydrogen) atoms. The van der Waals surface area contributed by atoms with Gasteiger partial charge in [-0.25, -0.2) is 8.42 Å². The van der Waals surface area contributed by atoms with E-state index in [4.69, 9.17) is 5.73 Å². The molecular formula is C15H20N4O3S. The van der Waals surface area contributed by atoms with Crippen molar-refractivity contribution in [1.82, 2.24) is 9.80 Å². The molecule has 3 heterocycles. The van der Waals surface area contributed by atoms with Crippen molar-refractivity contribution in [3.63, 3.8) is 0 Å². The van der Waals surface area contributed by atoms with Gasteiger partial charge in [-0.2, -0.15) is 0 Å². The van der Waals surface area contributed by atoms with Gasteiger partial charge in [0.2, 0.25) is 0 Å². The van der Waals surface area contributed by atoms with Crippen LogP contribution in [0.3, 0.4) is 0 Å². The van der Waals surface area contributed by atoms with Gasteiger partial charge in [0.05, 0.1) is 11.3 Å². The van der Waals surface area contributed by atoms with Crippen molar-refractivity contribution in [2.75, 3.05) is 25.4 Å². The Morgan fingerprint density at radius 3 is 2.91 bits per heavy atom. The summed E-state index contributed by atoms with van der Waals surface area (Å²) in [5, 5.41) is 0. The van der Waals surface area contributed by atoms with Crippen molar-refractivity contribution in [2.45, 2.75) is 18.9 Å². The molecule has 0 bridgehead atoms. The molecule has 1 aliphatic carbocycles. The number of carbonyl (C=O) groups is 1. The molecule has 4 aliphatic rings. The van der Waals surface area contributed by atoms with Gasteiger partial charge in [0.25, 0.3) is 15.9 Å². The van der Waals surface area contributed by atoms with Crippen LogP contribution in [0, 0.1) is 11.8 Å². The van der Waals surface area contributed by atoms with E-state index < -0.39 is 10.0 Å². The number of nitrogens with zero attached hydrogens (tertiary/aromatic N) is 3. The van der Waals surface area contributed by atoms with Gasteiger partial charge in [-0.3, -0.25) is 4.79 Å². The van der Waals surface area contributed by atoms with Crippen LogP contribution in [0.15, 0.2) is 28.3 Å². The van der Waals surface area contributed by atoms with Gasteiger partial charge < -0.3 is 15.5 Å². The summed E-state index contributed by atoms with van der Waals surface area (Å²) in [4.78, 5) is 16.4. The Balaban J connectivity index is 1.60. The smallest absolute Gasteiger partial charge is 0.257 e. The third kappa shape index (κ3) is 2.49. The van der Waals surface area contributed by atoms with Crippen molar-refractivity contribution < 1.29 is 13.2 Å². The summed E-state index contributed by atoms with van der Waals surface area (Å²) in [5.74, 6) is 0.931. The van der Waals surface area contributed by atoms with E-state index in [-0.39, 0.29) is 23.5 Å². The fraction of sp³-hybridized carbons (Fsp3) is 0.600. The Hall–Kier alpha value is -1.67. The summed E-state index contributed by atoms with van der Waals surface area (Å²) < 4.78 is 27.4. The van der Waals surface area contributed by atoms with E-state index in [0.29, 0.717) is 37.0 Å². The molecule has 0 radical (unpaired) electrons. The Kier molecular flexibility index (Phi) is 3.35. The fourth-order valence-electron chi connectivity index (χ4n) is 4.03. The molecule has 8 heteroatoms. The molecular weight excluding hydrogens is 316 g/mol. The molecule has 0 aromatic rings. The molecule has 1 amide bonds. The maximum atomic E-state index is 12.9. The number of nitrogens with two attached hydrogens (primary N) is 1. The number of amidine groups is 1. The first-order valence-electron chi connectivity index (χ1n) is 7.97. The fourth-order valence-corrected chi connectivity index (χ4v) is 5.01. The lowest BCUT2D eigenvalue weighted by Gasteiger charge is -2.30. The zero-order chi connectivity index (χ0) is 16.2. The van der Waals surface area contributed by atoms with Crippen molar-refractivity contribution in [2.24, 2.45) is 22.0 Å². The molecule has 3 unspecified atom stereocenters. The largest absolute Gasteiger partial charge is 0.338 e. The molecule has 1 saturated heterocycles. The number of likely N-dealkylation sites (tertiary alicyclic amines) is 1. The maximum absolute atomic E-state index is 12.9. The van der Waals surface area contributed by atoms with E-state index in [1.807, 2.05) is 0 Å². The monoisotopic (exact) mass is 336 g/mol. The Morgan fingerprint density at radius 1 is 1.30 bits per heavy atom. The zero-order valence-electron chi connectivity index (χ0n) is 12.8.